The maximum absolute atomic E-state index is 5.55. The van der Waals surface area contributed by atoms with Crippen molar-refractivity contribution in [2.24, 2.45) is 5.10 Å². The zero-order valence-electron chi connectivity index (χ0n) is 11.3. The number of aromatic nitrogens is 1. The summed E-state index contributed by atoms with van der Waals surface area (Å²) < 4.78 is 10.4. The van der Waals surface area contributed by atoms with Crippen LogP contribution in [-0.4, -0.2) is 25.4 Å². The van der Waals surface area contributed by atoms with Gasteiger partial charge in [0.2, 0.25) is 0 Å². The molecule has 0 aliphatic heterocycles. The maximum Gasteiger partial charge on any atom is 0.161 e. The first-order valence-corrected chi connectivity index (χ1v) is 5.95. The quantitative estimate of drug-likeness (QED) is 0.643. The van der Waals surface area contributed by atoms with E-state index in [0.717, 1.165) is 5.56 Å². The topological polar surface area (TPSA) is 81.8 Å². The lowest BCUT2D eigenvalue weighted by Gasteiger charge is -2.07. The third-order valence-corrected chi connectivity index (χ3v) is 2.59. The van der Waals surface area contributed by atoms with E-state index in [4.69, 9.17) is 15.2 Å². The highest BCUT2D eigenvalue weighted by atomic mass is 16.5. The Morgan fingerprint density at radius 2 is 1.95 bits per heavy atom. The van der Waals surface area contributed by atoms with E-state index in [2.05, 4.69) is 15.5 Å². The van der Waals surface area contributed by atoms with E-state index in [0.29, 0.717) is 23.0 Å². The van der Waals surface area contributed by atoms with Crippen molar-refractivity contribution in [3.63, 3.8) is 0 Å². The van der Waals surface area contributed by atoms with E-state index in [1.54, 1.807) is 38.8 Å². The molecule has 20 heavy (non-hydrogen) atoms. The molecule has 2 aromatic rings. The lowest BCUT2D eigenvalue weighted by atomic mass is 10.2. The van der Waals surface area contributed by atoms with E-state index >= 15 is 0 Å². The molecule has 2 rings (SSSR count). The number of pyridine rings is 1. The number of hydrazone groups is 1. The minimum absolute atomic E-state index is 0.611. The van der Waals surface area contributed by atoms with Crippen molar-refractivity contribution in [2.45, 2.75) is 0 Å². The fourth-order valence-corrected chi connectivity index (χ4v) is 1.58. The lowest BCUT2D eigenvalue weighted by Crippen LogP contribution is -1.95. The van der Waals surface area contributed by atoms with Gasteiger partial charge in [-0.1, -0.05) is 0 Å². The Bertz CT molecular complexity index is 597. The summed E-state index contributed by atoms with van der Waals surface area (Å²) in [6.45, 7) is 0. The molecule has 6 nitrogen and oxygen atoms in total. The molecule has 0 amide bonds. The molecule has 0 bridgehead atoms. The normalized spacial score (nSPS) is 10.5. The summed E-state index contributed by atoms with van der Waals surface area (Å²) in [6.07, 6.45) is 3.23. The maximum atomic E-state index is 5.55. The molecule has 0 unspecified atom stereocenters. The van der Waals surface area contributed by atoms with Crippen LogP contribution in [0.5, 0.6) is 11.5 Å². The molecule has 0 saturated carbocycles. The van der Waals surface area contributed by atoms with Crippen LogP contribution in [0.25, 0.3) is 0 Å². The number of nitrogens with zero attached hydrogens (tertiary/aromatic N) is 2. The van der Waals surface area contributed by atoms with Gasteiger partial charge in [0.25, 0.3) is 0 Å². The summed E-state index contributed by atoms with van der Waals surface area (Å²) in [4.78, 5) is 4.08. The van der Waals surface area contributed by atoms with Gasteiger partial charge in [-0.25, -0.2) is 4.98 Å². The number of rotatable bonds is 5. The van der Waals surface area contributed by atoms with Crippen molar-refractivity contribution >= 4 is 17.7 Å². The van der Waals surface area contributed by atoms with Crippen LogP contribution < -0.4 is 20.6 Å². The number of nitrogens with two attached hydrogens (primary N) is 1. The van der Waals surface area contributed by atoms with E-state index in [9.17, 15) is 0 Å². The average Bonchev–Trinajstić information content (AvgIpc) is 2.49. The van der Waals surface area contributed by atoms with Gasteiger partial charge in [-0.05, 0) is 35.9 Å². The van der Waals surface area contributed by atoms with E-state index in [1.165, 1.54) is 0 Å². The molecule has 0 fully saturated rings. The molecule has 1 aromatic heterocycles. The Morgan fingerprint density at radius 1 is 1.15 bits per heavy atom. The van der Waals surface area contributed by atoms with Crippen molar-refractivity contribution in [1.29, 1.82) is 0 Å². The van der Waals surface area contributed by atoms with Crippen molar-refractivity contribution in [3.05, 3.63) is 42.1 Å². The lowest BCUT2D eigenvalue weighted by molar-refractivity contribution is 0.355. The molecule has 3 N–H and O–H groups in total. The van der Waals surface area contributed by atoms with Gasteiger partial charge in [-0.15, -0.1) is 0 Å². The van der Waals surface area contributed by atoms with E-state index < -0.39 is 0 Å². The number of methoxy groups -OCH3 is 2. The van der Waals surface area contributed by atoms with Gasteiger partial charge in [0.15, 0.2) is 11.5 Å². The standard InChI is InChI=1S/C14H16N4O2/c1-19-12-5-3-10(7-13(12)20-2)8-17-18-14-6-4-11(15)9-16-14/h3-9H,15H2,1-2H3,(H,16,18)/b17-8+. The summed E-state index contributed by atoms with van der Waals surface area (Å²) in [7, 11) is 3.19. The minimum Gasteiger partial charge on any atom is -0.493 e. The molecule has 0 aliphatic rings. The summed E-state index contributed by atoms with van der Waals surface area (Å²) in [6, 6.07) is 9.04. The van der Waals surface area contributed by atoms with Crippen LogP contribution >= 0.6 is 0 Å². The second-order valence-electron chi connectivity index (χ2n) is 3.96. The number of benzene rings is 1. The van der Waals surface area contributed by atoms with E-state index in [1.807, 2.05) is 18.2 Å². The van der Waals surface area contributed by atoms with Gasteiger partial charge in [-0.2, -0.15) is 5.10 Å². The number of hydrogen-bond donors (Lipinski definition) is 2. The smallest absolute Gasteiger partial charge is 0.161 e. The van der Waals surface area contributed by atoms with Gasteiger partial charge in [0, 0.05) is 0 Å². The molecular formula is C14H16N4O2. The Labute approximate surface area is 117 Å². The third-order valence-electron chi connectivity index (χ3n) is 2.59. The number of nitrogen functional groups attached to an aromatic ring is 1. The van der Waals surface area contributed by atoms with Crippen LogP contribution in [0.3, 0.4) is 0 Å². The average molecular weight is 272 g/mol. The molecule has 0 radical (unpaired) electrons. The number of hydrogen-bond acceptors (Lipinski definition) is 6. The van der Waals surface area contributed by atoms with Crippen LogP contribution in [-0.2, 0) is 0 Å². The zero-order valence-corrected chi connectivity index (χ0v) is 11.3. The van der Waals surface area contributed by atoms with Crippen molar-refractivity contribution in [1.82, 2.24) is 4.98 Å². The fourth-order valence-electron chi connectivity index (χ4n) is 1.58. The summed E-state index contributed by atoms with van der Waals surface area (Å²) in [5.74, 6) is 1.95. The molecule has 1 heterocycles. The largest absolute Gasteiger partial charge is 0.493 e. The highest BCUT2D eigenvalue weighted by Crippen LogP contribution is 2.26. The first kappa shape index (κ1) is 13.7. The molecule has 0 aliphatic carbocycles. The number of anilines is 2. The molecule has 104 valence electrons. The SMILES string of the molecule is COc1ccc(/C=N/Nc2ccc(N)cn2)cc1OC. The number of ether oxygens (including phenoxy) is 2. The monoisotopic (exact) mass is 272 g/mol. The van der Waals surface area contributed by atoms with Gasteiger partial charge in [-0.3, -0.25) is 5.43 Å². The second kappa shape index (κ2) is 6.42. The van der Waals surface area contributed by atoms with Crippen LogP contribution in [0.15, 0.2) is 41.6 Å². The predicted molar refractivity (Wildman–Crippen MR) is 79.4 cm³/mol. The fraction of sp³-hybridized carbons (Fsp3) is 0.143. The zero-order chi connectivity index (χ0) is 14.4. The summed E-state index contributed by atoms with van der Waals surface area (Å²) in [5, 5.41) is 4.10. The van der Waals surface area contributed by atoms with E-state index in [-0.39, 0.29) is 0 Å². The van der Waals surface area contributed by atoms with Gasteiger partial charge < -0.3 is 15.2 Å². The Balaban J connectivity index is 2.05. The highest BCUT2D eigenvalue weighted by Gasteiger charge is 2.02. The Morgan fingerprint density at radius 3 is 2.60 bits per heavy atom. The van der Waals surface area contributed by atoms with Crippen LogP contribution in [0, 0.1) is 0 Å². The van der Waals surface area contributed by atoms with Crippen LogP contribution in [0.4, 0.5) is 11.5 Å². The van der Waals surface area contributed by atoms with Gasteiger partial charge in [0.1, 0.15) is 5.82 Å². The Kier molecular flexibility index (Phi) is 4.39. The van der Waals surface area contributed by atoms with Crippen LogP contribution in [0.2, 0.25) is 0 Å². The predicted octanol–water partition coefficient (Wildman–Crippen LogP) is 2.13. The van der Waals surface area contributed by atoms with Crippen molar-refractivity contribution in [3.8, 4) is 11.5 Å². The molecule has 0 atom stereocenters. The van der Waals surface area contributed by atoms with Gasteiger partial charge >= 0.3 is 0 Å². The third kappa shape index (κ3) is 3.38. The molecule has 0 spiro atoms. The van der Waals surface area contributed by atoms with Gasteiger partial charge in [0.05, 0.1) is 32.3 Å². The summed E-state index contributed by atoms with van der Waals surface area (Å²) in [5.41, 5.74) is 9.86. The molecule has 0 saturated heterocycles. The Hall–Kier alpha value is -2.76. The molecule has 1 aromatic carbocycles. The summed E-state index contributed by atoms with van der Waals surface area (Å²) >= 11 is 0. The number of nitrogens with one attached hydrogen (secondary N) is 1. The second-order valence-corrected chi connectivity index (χ2v) is 3.96. The molecular weight excluding hydrogens is 256 g/mol. The first-order valence-electron chi connectivity index (χ1n) is 5.95. The highest BCUT2D eigenvalue weighted by molar-refractivity contribution is 5.81. The van der Waals surface area contributed by atoms with Crippen LogP contribution in [0.1, 0.15) is 5.56 Å². The van der Waals surface area contributed by atoms with Crippen molar-refractivity contribution in [2.75, 3.05) is 25.4 Å². The molecule has 6 heteroatoms. The van der Waals surface area contributed by atoms with Crippen molar-refractivity contribution < 1.29 is 9.47 Å². The minimum atomic E-state index is 0.611. The first-order chi connectivity index (χ1) is 9.72.